The first-order valence-electron chi connectivity index (χ1n) is 5.16. The summed E-state index contributed by atoms with van der Waals surface area (Å²) in [5.74, 6) is 0. The van der Waals surface area contributed by atoms with Gasteiger partial charge < -0.3 is 5.73 Å². The van der Waals surface area contributed by atoms with Crippen LogP contribution in [-0.2, 0) is 0 Å². The number of nitrogens with zero attached hydrogens (tertiary/aromatic N) is 2. The van der Waals surface area contributed by atoms with Crippen LogP contribution in [0.15, 0.2) is 51.2 Å². The van der Waals surface area contributed by atoms with E-state index in [9.17, 15) is 0 Å². The lowest BCUT2D eigenvalue weighted by molar-refractivity contribution is 0.808. The van der Waals surface area contributed by atoms with Crippen LogP contribution in [0.5, 0.6) is 0 Å². The molecule has 88 valence electrons. The average Bonchev–Trinajstić information content (AvgIpc) is 2.32. The monoisotopic (exact) mass is 309 g/mol. The summed E-state index contributed by atoms with van der Waals surface area (Å²) >= 11 is 4.89. The van der Waals surface area contributed by atoms with Crippen LogP contribution in [0, 0.1) is 0 Å². The highest BCUT2D eigenvalue weighted by Gasteiger charge is 2.04. The molecule has 1 unspecified atom stereocenters. The quantitative estimate of drug-likeness (QED) is 0.944. The molecule has 0 amide bonds. The minimum atomic E-state index is 0.0234. The minimum absolute atomic E-state index is 0.0234. The zero-order valence-corrected chi connectivity index (χ0v) is 11.7. The summed E-state index contributed by atoms with van der Waals surface area (Å²) in [5, 5.41) is 1.83. The van der Waals surface area contributed by atoms with Crippen LogP contribution in [0.25, 0.3) is 0 Å². The maximum absolute atomic E-state index is 5.84. The van der Waals surface area contributed by atoms with Gasteiger partial charge in [0.2, 0.25) is 0 Å². The lowest BCUT2D eigenvalue weighted by Gasteiger charge is -2.06. The van der Waals surface area contributed by atoms with Gasteiger partial charge in [0.1, 0.15) is 10.1 Å². The molecule has 1 atom stereocenters. The summed E-state index contributed by atoms with van der Waals surface area (Å²) in [6, 6.07) is 7.87. The van der Waals surface area contributed by atoms with Gasteiger partial charge in [-0.25, -0.2) is 9.97 Å². The van der Waals surface area contributed by atoms with Gasteiger partial charge in [-0.1, -0.05) is 11.8 Å². The van der Waals surface area contributed by atoms with Crippen LogP contribution in [0.1, 0.15) is 18.5 Å². The van der Waals surface area contributed by atoms with Crippen molar-refractivity contribution in [2.24, 2.45) is 5.73 Å². The number of rotatable bonds is 3. The molecule has 0 saturated heterocycles. The summed E-state index contributed by atoms with van der Waals surface area (Å²) in [5.41, 5.74) is 6.92. The standard InChI is InChI=1S/C12H12BrN3S/c1-8(14)9-4-5-15-12(6-9)17-11-3-2-10(13)7-16-11/h2-8H,14H2,1H3. The van der Waals surface area contributed by atoms with Gasteiger partial charge in [0.15, 0.2) is 0 Å². The molecule has 0 saturated carbocycles. The van der Waals surface area contributed by atoms with Crippen LogP contribution in [0.4, 0.5) is 0 Å². The van der Waals surface area contributed by atoms with Crippen molar-refractivity contribution in [3.05, 3.63) is 46.7 Å². The largest absolute Gasteiger partial charge is 0.324 e. The molecule has 0 radical (unpaired) electrons. The zero-order chi connectivity index (χ0) is 12.3. The number of aromatic nitrogens is 2. The summed E-state index contributed by atoms with van der Waals surface area (Å²) < 4.78 is 0.971. The van der Waals surface area contributed by atoms with Crippen LogP contribution in [0.3, 0.4) is 0 Å². The number of pyridine rings is 2. The molecule has 0 fully saturated rings. The van der Waals surface area contributed by atoms with E-state index in [1.54, 1.807) is 12.4 Å². The van der Waals surface area contributed by atoms with Crippen LogP contribution >= 0.6 is 27.7 Å². The molecule has 2 heterocycles. The molecule has 2 aromatic rings. The van der Waals surface area contributed by atoms with E-state index < -0.39 is 0 Å². The first-order valence-corrected chi connectivity index (χ1v) is 6.77. The molecule has 2 N–H and O–H groups in total. The lowest BCUT2D eigenvalue weighted by atomic mass is 10.1. The highest BCUT2D eigenvalue weighted by Crippen LogP contribution is 2.26. The Morgan fingerprint density at radius 2 is 2.06 bits per heavy atom. The van der Waals surface area contributed by atoms with E-state index in [-0.39, 0.29) is 6.04 Å². The third-order valence-corrected chi connectivity index (χ3v) is 3.55. The molecule has 3 nitrogen and oxygen atoms in total. The van der Waals surface area contributed by atoms with E-state index in [2.05, 4.69) is 25.9 Å². The fourth-order valence-corrected chi connectivity index (χ4v) is 2.29. The van der Waals surface area contributed by atoms with E-state index >= 15 is 0 Å². The summed E-state index contributed by atoms with van der Waals surface area (Å²) in [6.07, 6.45) is 3.55. The van der Waals surface area contributed by atoms with Gasteiger partial charge in [0.25, 0.3) is 0 Å². The van der Waals surface area contributed by atoms with Crippen molar-refractivity contribution < 1.29 is 0 Å². The second kappa shape index (κ2) is 5.62. The first-order chi connectivity index (χ1) is 8.15. The van der Waals surface area contributed by atoms with Crippen LogP contribution < -0.4 is 5.73 Å². The second-order valence-corrected chi connectivity index (χ2v) is 5.59. The molecule has 0 aromatic carbocycles. The van der Waals surface area contributed by atoms with Crippen LogP contribution in [0.2, 0.25) is 0 Å². The summed E-state index contributed by atoms with van der Waals surface area (Å²) in [4.78, 5) is 8.59. The smallest absolute Gasteiger partial charge is 0.102 e. The maximum atomic E-state index is 5.84. The molecule has 2 aromatic heterocycles. The van der Waals surface area contributed by atoms with Gasteiger partial charge in [0, 0.05) is 22.9 Å². The fourth-order valence-electron chi connectivity index (χ4n) is 1.29. The Morgan fingerprint density at radius 3 is 2.71 bits per heavy atom. The highest BCUT2D eigenvalue weighted by atomic mass is 79.9. The summed E-state index contributed by atoms with van der Waals surface area (Å²) in [6.45, 7) is 1.96. The van der Waals surface area contributed by atoms with Crippen molar-refractivity contribution in [1.82, 2.24) is 9.97 Å². The Kier molecular flexibility index (Phi) is 4.15. The fraction of sp³-hybridized carbons (Fsp3) is 0.167. The Morgan fingerprint density at radius 1 is 1.24 bits per heavy atom. The molecular weight excluding hydrogens is 298 g/mol. The first kappa shape index (κ1) is 12.5. The number of halogens is 1. The van der Waals surface area contributed by atoms with Crippen molar-refractivity contribution in [2.45, 2.75) is 23.0 Å². The van der Waals surface area contributed by atoms with Gasteiger partial charge >= 0.3 is 0 Å². The molecular formula is C12H12BrN3S. The Hall–Kier alpha value is -0.910. The van der Waals surface area contributed by atoms with E-state index in [4.69, 9.17) is 5.73 Å². The molecule has 0 aliphatic heterocycles. The maximum Gasteiger partial charge on any atom is 0.102 e. The average molecular weight is 310 g/mol. The SMILES string of the molecule is CC(N)c1ccnc(Sc2ccc(Br)cn2)c1. The number of nitrogens with two attached hydrogens (primary N) is 1. The number of hydrogen-bond acceptors (Lipinski definition) is 4. The Labute approximate surface area is 113 Å². The molecule has 0 spiro atoms. The van der Waals surface area contributed by atoms with Gasteiger partial charge in [-0.2, -0.15) is 0 Å². The Bertz CT molecular complexity index is 499. The van der Waals surface area contributed by atoms with Crippen LogP contribution in [-0.4, -0.2) is 9.97 Å². The normalized spacial score (nSPS) is 12.4. The molecule has 5 heteroatoms. The molecule has 0 aliphatic carbocycles. The lowest BCUT2D eigenvalue weighted by Crippen LogP contribution is -2.04. The predicted octanol–water partition coefficient (Wildman–Crippen LogP) is 3.41. The molecule has 17 heavy (non-hydrogen) atoms. The van der Waals surface area contributed by atoms with Gasteiger partial charge in [-0.15, -0.1) is 0 Å². The predicted molar refractivity (Wildman–Crippen MR) is 72.9 cm³/mol. The van der Waals surface area contributed by atoms with Crippen molar-refractivity contribution in [1.29, 1.82) is 0 Å². The van der Waals surface area contributed by atoms with E-state index in [0.717, 1.165) is 20.1 Å². The van der Waals surface area contributed by atoms with Crippen molar-refractivity contribution >= 4 is 27.7 Å². The third kappa shape index (κ3) is 3.52. The summed E-state index contributed by atoms with van der Waals surface area (Å²) in [7, 11) is 0. The van der Waals surface area contributed by atoms with Gasteiger partial charge in [0.05, 0.1) is 0 Å². The number of hydrogen-bond donors (Lipinski definition) is 1. The zero-order valence-electron chi connectivity index (χ0n) is 9.30. The van der Waals surface area contributed by atoms with E-state index in [1.165, 1.54) is 11.8 Å². The van der Waals surface area contributed by atoms with E-state index in [1.807, 2.05) is 31.2 Å². The van der Waals surface area contributed by atoms with Crippen molar-refractivity contribution in [2.75, 3.05) is 0 Å². The van der Waals surface area contributed by atoms with Gasteiger partial charge in [-0.3, -0.25) is 0 Å². The minimum Gasteiger partial charge on any atom is -0.324 e. The molecule has 2 rings (SSSR count). The van der Waals surface area contributed by atoms with Gasteiger partial charge in [-0.05, 0) is 52.7 Å². The third-order valence-electron chi connectivity index (χ3n) is 2.19. The van der Waals surface area contributed by atoms with Crippen molar-refractivity contribution in [3.8, 4) is 0 Å². The second-order valence-electron chi connectivity index (χ2n) is 3.63. The van der Waals surface area contributed by atoms with Crippen molar-refractivity contribution in [3.63, 3.8) is 0 Å². The molecule has 0 bridgehead atoms. The Balaban J connectivity index is 2.18. The highest BCUT2D eigenvalue weighted by molar-refractivity contribution is 9.10. The van der Waals surface area contributed by atoms with E-state index in [0.29, 0.717) is 0 Å². The topological polar surface area (TPSA) is 51.8 Å². The molecule has 0 aliphatic rings.